The summed E-state index contributed by atoms with van der Waals surface area (Å²) >= 11 is 0. The predicted octanol–water partition coefficient (Wildman–Crippen LogP) is 3.11. The number of hydrogen-bond donors (Lipinski definition) is 3. The summed E-state index contributed by atoms with van der Waals surface area (Å²) in [5, 5.41) is 17.9. The molecule has 1 unspecified atom stereocenters. The fourth-order valence-corrected chi connectivity index (χ4v) is 3.06. The fourth-order valence-electron chi connectivity index (χ4n) is 3.06. The molecule has 0 radical (unpaired) electrons. The van der Waals surface area contributed by atoms with Gasteiger partial charge in [-0.3, -0.25) is 9.79 Å². The van der Waals surface area contributed by atoms with E-state index in [0.717, 1.165) is 11.3 Å². The van der Waals surface area contributed by atoms with E-state index in [4.69, 9.17) is 5.26 Å². The number of guanidine groups is 1. The Labute approximate surface area is 180 Å². The third kappa shape index (κ3) is 5.19. The zero-order valence-electron chi connectivity index (χ0n) is 15.3. The van der Waals surface area contributed by atoms with Crippen LogP contribution in [0.1, 0.15) is 29.0 Å². The number of benzene rings is 2. The maximum Gasteiger partial charge on any atom is 0.225 e. The van der Waals surface area contributed by atoms with Crippen molar-refractivity contribution in [2.24, 2.45) is 4.99 Å². The number of nitriles is 1. The van der Waals surface area contributed by atoms with Crippen LogP contribution in [0.5, 0.6) is 0 Å². The van der Waals surface area contributed by atoms with Crippen LogP contribution < -0.4 is 16.0 Å². The maximum atomic E-state index is 14.0. The van der Waals surface area contributed by atoms with Gasteiger partial charge in [0.1, 0.15) is 5.82 Å². The first-order valence-electron chi connectivity index (χ1n) is 8.62. The van der Waals surface area contributed by atoms with Crippen molar-refractivity contribution >= 4 is 41.5 Å². The number of para-hydroxylation sites is 1. The summed E-state index contributed by atoms with van der Waals surface area (Å²) in [6.07, 6.45) is 0.394. The molecule has 2 aromatic carbocycles. The number of aliphatic imine (C=N–C) groups is 1. The lowest BCUT2D eigenvalue weighted by Crippen LogP contribution is -2.40. The van der Waals surface area contributed by atoms with Gasteiger partial charge in [0.25, 0.3) is 0 Å². The third-order valence-electron chi connectivity index (χ3n) is 4.47. The minimum Gasteiger partial charge on any atom is -0.356 e. The van der Waals surface area contributed by atoms with E-state index in [2.05, 4.69) is 20.9 Å². The lowest BCUT2D eigenvalue weighted by molar-refractivity contribution is -0.116. The Hall–Kier alpha value is -2.67. The summed E-state index contributed by atoms with van der Waals surface area (Å²) in [7, 11) is 1.63. The Kier molecular flexibility index (Phi) is 7.75. The molecule has 3 N–H and O–H groups in total. The molecule has 3 rings (SSSR count). The number of fused-ring (bicyclic) bond motifs is 1. The van der Waals surface area contributed by atoms with Crippen molar-refractivity contribution in [3.8, 4) is 6.07 Å². The summed E-state index contributed by atoms with van der Waals surface area (Å²) in [6, 6.07) is 14.0. The van der Waals surface area contributed by atoms with Crippen molar-refractivity contribution < 1.29 is 9.18 Å². The van der Waals surface area contributed by atoms with Gasteiger partial charge in [0.2, 0.25) is 5.91 Å². The first-order valence-corrected chi connectivity index (χ1v) is 8.62. The lowest BCUT2D eigenvalue weighted by Gasteiger charge is -2.26. The fraction of sp³-hybridized carbons (Fsp3) is 0.250. The molecule has 8 heteroatoms. The molecule has 1 heterocycles. The van der Waals surface area contributed by atoms with Crippen molar-refractivity contribution in [3.63, 3.8) is 0 Å². The monoisotopic (exact) mass is 493 g/mol. The van der Waals surface area contributed by atoms with Crippen LogP contribution in [0.3, 0.4) is 0 Å². The zero-order chi connectivity index (χ0) is 19.2. The molecule has 1 atom stereocenters. The highest BCUT2D eigenvalue weighted by Gasteiger charge is 2.24. The highest BCUT2D eigenvalue weighted by Crippen LogP contribution is 2.31. The van der Waals surface area contributed by atoms with E-state index in [-0.39, 0.29) is 47.9 Å². The van der Waals surface area contributed by atoms with Crippen molar-refractivity contribution in [3.05, 3.63) is 65.0 Å². The van der Waals surface area contributed by atoms with Crippen LogP contribution in [-0.2, 0) is 11.3 Å². The molecule has 146 valence electrons. The van der Waals surface area contributed by atoms with E-state index < -0.39 is 5.82 Å². The van der Waals surface area contributed by atoms with E-state index >= 15 is 0 Å². The average molecular weight is 493 g/mol. The van der Waals surface area contributed by atoms with Crippen LogP contribution in [0, 0.1) is 17.1 Å². The molecule has 0 fully saturated rings. The Morgan fingerprint density at radius 3 is 2.82 bits per heavy atom. The van der Waals surface area contributed by atoms with E-state index in [9.17, 15) is 9.18 Å². The quantitative estimate of drug-likeness (QED) is 0.347. The normalized spacial score (nSPS) is 15.5. The number of anilines is 1. The number of halogens is 2. The summed E-state index contributed by atoms with van der Waals surface area (Å²) in [5.74, 6) is 0.0975. The topological polar surface area (TPSA) is 89.3 Å². The van der Waals surface area contributed by atoms with Gasteiger partial charge in [-0.1, -0.05) is 24.3 Å². The van der Waals surface area contributed by atoms with Gasteiger partial charge >= 0.3 is 0 Å². The summed E-state index contributed by atoms with van der Waals surface area (Å²) in [4.78, 5) is 16.0. The molecule has 0 aliphatic carbocycles. The van der Waals surface area contributed by atoms with Crippen molar-refractivity contribution in [1.82, 2.24) is 10.6 Å². The third-order valence-corrected chi connectivity index (χ3v) is 4.47. The number of nitrogens with zero attached hydrogens (tertiary/aromatic N) is 2. The second kappa shape index (κ2) is 10.0. The van der Waals surface area contributed by atoms with Gasteiger partial charge in [-0.2, -0.15) is 5.26 Å². The average Bonchev–Trinajstić information content (AvgIpc) is 2.68. The van der Waals surface area contributed by atoms with Crippen LogP contribution in [0.25, 0.3) is 0 Å². The zero-order valence-corrected chi connectivity index (χ0v) is 17.7. The minimum absolute atomic E-state index is 0. The standard InChI is InChI=1S/C20H20FN5O.HI/c1-23-20(24-11-14-7-6-13(10-22)8-17(14)21)25-12-15-9-19(27)26-18-5-3-2-4-16(15)18;/h2-8,15H,9,11-12H2,1H3,(H,26,27)(H2,23,24,25);1H. The van der Waals surface area contributed by atoms with Crippen LogP contribution in [0.2, 0.25) is 0 Å². The van der Waals surface area contributed by atoms with Gasteiger partial charge in [-0.25, -0.2) is 4.39 Å². The molecule has 6 nitrogen and oxygen atoms in total. The molecule has 0 aromatic heterocycles. The molecular formula is C20H21FIN5O. The number of rotatable bonds is 4. The van der Waals surface area contributed by atoms with Gasteiger partial charge in [0.15, 0.2) is 5.96 Å². The number of carbonyl (C=O) groups excluding carboxylic acids is 1. The summed E-state index contributed by atoms with van der Waals surface area (Å²) in [6.45, 7) is 0.763. The van der Waals surface area contributed by atoms with Gasteiger partial charge < -0.3 is 16.0 Å². The molecule has 0 bridgehead atoms. The van der Waals surface area contributed by atoms with E-state index in [1.807, 2.05) is 30.3 Å². The van der Waals surface area contributed by atoms with Crippen molar-refractivity contribution in [2.45, 2.75) is 18.9 Å². The van der Waals surface area contributed by atoms with Crippen LogP contribution in [-0.4, -0.2) is 25.5 Å². The molecule has 2 aromatic rings. The predicted molar refractivity (Wildman–Crippen MR) is 117 cm³/mol. The summed E-state index contributed by atoms with van der Waals surface area (Å²) in [5.41, 5.74) is 2.65. The number of nitrogens with one attached hydrogen (secondary N) is 3. The Balaban J connectivity index is 0.00000280. The smallest absolute Gasteiger partial charge is 0.225 e. The SMILES string of the molecule is CN=C(NCc1ccc(C#N)cc1F)NCC1CC(=O)Nc2ccccc21.I. The van der Waals surface area contributed by atoms with Crippen LogP contribution in [0.15, 0.2) is 47.5 Å². The van der Waals surface area contributed by atoms with Gasteiger partial charge in [0.05, 0.1) is 11.6 Å². The van der Waals surface area contributed by atoms with E-state index in [0.29, 0.717) is 24.5 Å². The molecule has 1 amide bonds. The van der Waals surface area contributed by atoms with E-state index in [1.165, 1.54) is 6.07 Å². The Bertz CT molecular complexity index is 925. The molecule has 0 saturated heterocycles. The minimum atomic E-state index is -0.435. The lowest BCUT2D eigenvalue weighted by atomic mass is 9.90. The van der Waals surface area contributed by atoms with Gasteiger partial charge in [-0.15, -0.1) is 24.0 Å². The Morgan fingerprint density at radius 1 is 1.32 bits per heavy atom. The molecule has 1 aliphatic heterocycles. The van der Waals surface area contributed by atoms with Crippen molar-refractivity contribution in [2.75, 3.05) is 18.9 Å². The van der Waals surface area contributed by atoms with Gasteiger partial charge in [0, 0.05) is 43.7 Å². The Morgan fingerprint density at radius 2 is 2.11 bits per heavy atom. The molecular weight excluding hydrogens is 472 g/mol. The van der Waals surface area contributed by atoms with E-state index in [1.54, 1.807) is 19.2 Å². The maximum absolute atomic E-state index is 14.0. The van der Waals surface area contributed by atoms with Crippen LogP contribution >= 0.6 is 24.0 Å². The second-order valence-electron chi connectivity index (χ2n) is 6.26. The largest absolute Gasteiger partial charge is 0.356 e. The molecule has 1 aliphatic rings. The van der Waals surface area contributed by atoms with Crippen molar-refractivity contribution in [1.29, 1.82) is 5.26 Å². The first kappa shape index (κ1) is 21.6. The van der Waals surface area contributed by atoms with Gasteiger partial charge in [-0.05, 0) is 23.8 Å². The number of hydrogen-bond acceptors (Lipinski definition) is 3. The molecule has 0 saturated carbocycles. The molecule has 28 heavy (non-hydrogen) atoms. The van der Waals surface area contributed by atoms with Crippen LogP contribution in [0.4, 0.5) is 10.1 Å². The highest BCUT2D eigenvalue weighted by atomic mass is 127. The highest BCUT2D eigenvalue weighted by molar-refractivity contribution is 14.0. The first-order chi connectivity index (χ1) is 13.1. The summed E-state index contributed by atoms with van der Waals surface area (Å²) < 4.78 is 14.0. The molecule has 0 spiro atoms. The number of amides is 1. The number of carbonyl (C=O) groups is 1. The second-order valence-corrected chi connectivity index (χ2v) is 6.26.